The number of hydrogen-bond acceptors (Lipinski definition) is 4. The van der Waals surface area contributed by atoms with Crippen molar-refractivity contribution in [2.24, 2.45) is 0 Å². The fraction of sp³-hybridized carbons (Fsp3) is 0.545. The number of methoxy groups -OCH3 is 1. The van der Waals surface area contributed by atoms with Crippen LogP contribution >= 0.6 is 0 Å². The number of pyridine rings is 1. The van der Waals surface area contributed by atoms with E-state index in [9.17, 15) is 0 Å². The Morgan fingerprint density at radius 2 is 2.33 bits per heavy atom. The van der Waals surface area contributed by atoms with E-state index in [1.54, 1.807) is 7.11 Å². The maximum Gasteiger partial charge on any atom is 0.216 e. The first-order valence-electron chi connectivity index (χ1n) is 5.18. The summed E-state index contributed by atoms with van der Waals surface area (Å²) in [4.78, 5) is 4.21. The number of ether oxygens (including phenoxy) is 2. The van der Waals surface area contributed by atoms with Gasteiger partial charge in [-0.05, 0) is 19.9 Å². The Bertz CT molecular complexity index is 335. The Morgan fingerprint density at radius 3 is 3.00 bits per heavy atom. The Balaban J connectivity index is 2.09. The molecule has 0 spiro atoms. The summed E-state index contributed by atoms with van der Waals surface area (Å²) in [5.41, 5.74) is 0.912. The molecule has 0 amide bonds. The molecule has 2 rings (SSSR count). The van der Waals surface area contributed by atoms with Gasteiger partial charge in [0.15, 0.2) is 0 Å². The molecule has 0 radical (unpaired) electrons. The van der Waals surface area contributed by atoms with Crippen LogP contribution in [0.1, 0.15) is 12.1 Å². The molecular weight excluding hydrogens is 192 g/mol. The van der Waals surface area contributed by atoms with Crippen LogP contribution in [0.2, 0.25) is 0 Å². The highest BCUT2D eigenvalue weighted by molar-refractivity contribution is 5.30. The lowest BCUT2D eigenvalue weighted by molar-refractivity contribution is 0.221. The number of aryl methyl sites for hydroxylation is 1. The molecule has 1 aromatic heterocycles. The third kappa shape index (κ3) is 2.59. The first-order valence-corrected chi connectivity index (χ1v) is 5.18. The van der Waals surface area contributed by atoms with Gasteiger partial charge < -0.3 is 14.8 Å². The summed E-state index contributed by atoms with van der Waals surface area (Å²) in [6, 6.07) is 3.76. The lowest BCUT2D eigenvalue weighted by atomic mass is 10.3. The van der Waals surface area contributed by atoms with Gasteiger partial charge in [-0.2, -0.15) is 0 Å². The van der Waals surface area contributed by atoms with Crippen LogP contribution in [0.25, 0.3) is 0 Å². The van der Waals surface area contributed by atoms with Crippen molar-refractivity contribution in [2.75, 3.05) is 20.2 Å². The molecule has 0 aromatic carbocycles. The highest BCUT2D eigenvalue weighted by Crippen LogP contribution is 2.21. The van der Waals surface area contributed by atoms with Gasteiger partial charge in [0.1, 0.15) is 11.9 Å². The summed E-state index contributed by atoms with van der Waals surface area (Å²) in [6.07, 6.45) is 1.33. The molecule has 0 saturated carbocycles. The normalized spacial score (nSPS) is 20.3. The topological polar surface area (TPSA) is 43.4 Å². The largest absolute Gasteiger partial charge is 0.489 e. The molecule has 4 heteroatoms. The molecule has 82 valence electrons. The van der Waals surface area contributed by atoms with Gasteiger partial charge in [-0.3, -0.25) is 0 Å². The van der Waals surface area contributed by atoms with E-state index in [0.29, 0.717) is 5.88 Å². The lowest BCUT2D eigenvalue weighted by Gasteiger charge is -2.13. The Morgan fingerprint density at radius 1 is 1.47 bits per heavy atom. The van der Waals surface area contributed by atoms with Crippen molar-refractivity contribution in [3.63, 3.8) is 0 Å². The van der Waals surface area contributed by atoms with E-state index in [0.717, 1.165) is 31.0 Å². The van der Waals surface area contributed by atoms with Crippen molar-refractivity contribution >= 4 is 0 Å². The molecule has 1 fully saturated rings. The zero-order chi connectivity index (χ0) is 10.7. The zero-order valence-electron chi connectivity index (χ0n) is 9.12. The Hall–Kier alpha value is -1.29. The van der Waals surface area contributed by atoms with Crippen LogP contribution in [0.3, 0.4) is 0 Å². The van der Waals surface area contributed by atoms with E-state index in [-0.39, 0.29) is 6.10 Å². The smallest absolute Gasteiger partial charge is 0.216 e. The molecule has 0 aliphatic carbocycles. The van der Waals surface area contributed by atoms with Gasteiger partial charge in [-0.15, -0.1) is 0 Å². The van der Waals surface area contributed by atoms with E-state index >= 15 is 0 Å². The van der Waals surface area contributed by atoms with Gasteiger partial charge in [0.05, 0.1) is 7.11 Å². The van der Waals surface area contributed by atoms with Crippen LogP contribution in [0.5, 0.6) is 11.6 Å². The fourth-order valence-electron chi connectivity index (χ4n) is 1.70. The van der Waals surface area contributed by atoms with E-state index in [4.69, 9.17) is 9.47 Å². The average molecular weight is 208 g/mol. The minimum atomic E-state index is 0.275. The summed E-state index contributed by atoms with van der Waals surface area (Å²) < 4.78 is 10.9. The quantitative estimate of drug-likeness (QED) is 0.809. The monoisotopic (exact) mass is 208 g/mol. The zero-order valence-corrected chi connectivity index (χ0v) is 9.12. The fourth-order valence-corrected chi connectivity index (χ4v) is 1.70. The van der Waals surface area contributed by atoms with Crippen LogP contribution < -0.4 is 14.8 Å². The van der Waals surface area contributed by atoms with Crippen molar-refractivity contribution in [2.45, 2.75) is 19.4 Å². The first kappa shape index (κ1) is 10.2. The molecule has 1 unspecified atom stereocenters. The highest BCUT2D eigenvalue weighted by Gasteiger charge is 2.16. The third-order valence-electron chi connectivity index (χ3n) is 2.43. The molecular formula is C11H16N2O2. The van der Waals surface area contributed by atoms with Gasteiger partial charge in [-0.1, -0.05) is 0 Å². The van der Waals surface area contributed by atoms with Crippen LogP contribution in [0, 0.1) is 6.92 Å². The predicted octanol–water partition coefficient (Wildman–Crippen LogP) is 1.14. The molecule has 15 heavy (non-hydrogen) atoms. The van der Waals surface area contributed by atoms with Crippen molar-refractivity contribution in [3.8, 4) is 11.6 Å². The Kier molecular flexibility index (Phi) is 3.06. The van der Waals surface area contributed by atoms with Gasteiger partial charge in [0, 0.05) is 24.4 Å². The van der Waals surface area contributed by atoms with Gasteiger partial charge in [0.25, 0.3) is 0 Å². The number of nitrogens with zero attached hydrogens (tertiary/aromatic N) is 1. The van der Waals surface area contributed by atoms with Crippen molar-refractivity contribution in [1.29, 1.82) is 0 Å². The molecule has 1 atom stereocenters. The Labute approximate surface area is 89.6 Å². The molecule has 1 saturated heterocycles. The summed E-state index contributed by atoms with van der Waals surface area (Å²) in [6.45, 7) is 3.89. The average Bonchev–Trinajstić information content (AvgIpc) is 2.69. The van der Waals surface area contributed by atoms with E-state index in [2.05, 4.69) is 10.3 Å². The second-order valence-corrected chi connectivity index (χ2v) is 3.72. The number of rotatable bonds is 3. The van der Waals surface area contributed by atoms with Crippen LogP contribution in [0.4, 0.5) is 0 Å². The van der Waals surface area contributed by atoms with Crippen molar-refractivity contribution in [3.05, 3.63) is 17.8 Å². The number of aromatic nitrogens is 1. The minimum absolute atomic E-state index is 0.275. The third-order valence-corrected chi connectivity index (χ3v) is 2.43. The summed E-state index contributed by atoms with van der Waals surface area (Å²) in [5, 5.41) is 3.26. The lowest BCUT2D eigenvalue weighted by Crippen LogP contribution is -2.19. The maximum absolute atomic E-state index is 5.82. The number of hydrogen-bond donors (Lipinski definition) is 1. The van der Waals surface area contributed by atoms with Crippen molar-refractivity contribution in [1.82, 2.24) is 10.3 Å². The van der Waals surface area contributed by atoms with Crippen LogP contribution in [-0.2, 0) is 0 Å². The summed E-state index contributed by atoms with van der Waals surface area (Å²) >= 11 is 0. The highest BCUT2D eigenvalue weighted by atomic mass is 16.5. The molecule has 1 aromatic rings. The predicted molar refractivity (Wildman–Crippen MR) is 57.4 cm³/mol. The van der Waals surface area contributed by atoms with Crippen molar-refractivity contribution < 1.29 is 9.47 Å². The molecule has 1 aliphatic rings. The first-order chi connectivity index (χ1) is 7.28. The SMILES string of the molecule is COc1cc(OC2CCNC2)cc(C)n1. The minimum Gasteiger partial charge on any atom is -0.489 e. The van der Waals surface area contributed by atoms with E-state index < -0.39 is 0 Å². The van der Waals surface area contributed by atoms with E-state index in [1.165, 1.54) is 0 Å². The second kappa shape index (κ2) is 4.49. The van der Waals surface area contributed by atoms with E-state index in [1.807, 2.05) is 19.1 Å². The summed E-state index contributed by atoms with van der Waals surface area (Å²) in [7, 11) is 1.61. The van der Waals surface area contributed by atoms with Gasteiger partial charge >= 0.3 is 0 Å². The van der Waals surface area contributed by atoms with Gasteiger partial charge in [0.2, 0.25) is 5.88 Å². The molecule has 1 N–H and O–H groups in total. The molecule has 2 heterocycles. The second-order valence-electron chi connectivity index (χ2n) is 3.72. The standard InChI is InChI=1S/C11H16N2O2/c1-8-5-10(6-11(13-8)14-2)15-9-3-4-12-7-9/h5-6,9,12H,3-4,7H2,1-2H3. The van der Waals surface area contributed by atoms with Crippen LogP contribution in [0.15, 0.2) is 12.1 Å². The maximum atomic E-state index is 5.82. The molecule has 4 nitrogen and oxygen atoms in total. The summed E-state index contributed by atoms with van der Waals surface area (Å²) in [5.74, 6) is 1.45. The molecule has 0 bridgehead atoms. The van der Waals surface area contributed by atoms with Gasteiger partial charge in [-0.25, -0.2) is 4.98 Å². The number of nitrogens with one attached hydrogen (secondary N) is 1. The molecule has 1 aliphatic heterocycles. The van der Waals surface area contributed by atoms with Crippen LogP contribution in [-0.4, -0.2) is 31.3 Å².